The van der Waals surface area contributed by atoms with Crippen molar-refractivity contribution in [1.29, 1.82) is 5.26 Å². The van der Waals surface area contributed by atoms with Gasteiger partial charge in [0, 0.05) is 22.6 Å². The summed E-state index contributed by atoms with van der Waals surface area (Å²) in [6.07, 6.45) is 0. The Morgan fingerprint density at radius 1 is 0.938 bits per heavy atom. The molecular formula is C24H21ClN4O3. The van der Waals surface area contributed by atoms with Crippen molar-refractivity contribution >= 4 is 40.5 Å². The largest absolute Gasteiger partial charge is 0.494 e. The molecule has 0 bridgehead atoms. The Kier molecular flexibility index (Phi) is 7.68. The Morgan fingerprint density at radius 3 is 2.22 bits per heavy atom. The lowest BCUT2D eigenvalue weighted by Gasteiger charge is -2.10. The highest BCUT2D eigenvalue weighted by molar-refractivity contribution is 6.32. The van der Waals surface area contributed by atoms with E-state index in [4.69, 9.17) is 21.6 Å². The van der Waals surface area contributed by atoms with Crippen molar-refractivity contribution in [2.45, 2.75) is 6.92 Å². The van der Waals surface area contributed by atoms with Crippen molar-refractivity contribution in [1.82, 2.24) is 0 Å². The molecule has 3 N–H and O–H groups in total. The number of ether oxygens (including phenoxy) is 1. The first-order chi connectivity index (χ1) is 15.5. The average Bonchev–Trinajstić information content (AvgIpc) is 2.79. The maximum atomic E-state index is 12.4. The number of carbonyl (C=O) groups excluding carboxylic acids is 2. The fourth-order valence-electron chi connectivity index (χ4n) is 2.81. The van der Waals surface area contributed by atoms with Crippen LogP contribution in [0, 0.1) is 11.3 Å². The molecule has 3 aromatic carbocycles. The van der Waals surface area contributed by atoms with Gasteiger partial charge in [-0.05, 0) is 73.7 Å². The standard InChI is InChI=1S/C24H21ClN4O3/c1-2-32-21-11-9-19(10-12-21)29-24(31)16-3-6-18(7-4-16)27-15-23(30)28-20-8-5-17(14-26)22(25)13-20/h3-13,27H,2,15H2,1H3,(H,28,30)(H,29,31). The van der Waals surface area contributed by atoms with Gasteiger partial charge in [0.25, 0.3) is 5.91 Å². The molecule has 32 heavy (non-hydrogen) atoms. The molecule has 0 unspecified atom stereocenters. The Balaban J connectivity index is 1.50. The number of benzene rings is 3. The van der Waals surface area contributed by atoms with Gasteiger partial charge in [0.1, 0.15) is 11.8 Å². The summed E-state index contributed by atoms with van der Waals surface area (Å²) in [6, 6.07) is 20.6. The molecule has 0 aliphatic rings. The van der Waals surface area contributed by atoms with Gasteiger partial charge in [-0.2, -0.15) is 5.26 Å². The molecule has 0 aromatic heterocycles. The van der Waals surface area contributed by atoms with E-state index in [1.54, 1.807) is 60.7 Å². The van der Waals surface area contributed by atoms with Crippen LogP contribution in [-0.2, 0) is 4.79 Å². The quantitative estimate of drug-likeness (QED) is 0.454. The lowest BCUT2D eigenvalue weighted by Crippen LogP contribution is -2.21. The second-order valence-electron chi connectivity index (χ2n) is 6.70. The van der Waals surface area contributed by atoms with Crippen LogP contribution in [0.5, 0.6) is 5.75 Å². The van der Waals surface area contributed by atoms with Gasteiger partial charge in [0.15, 0.2) is 0 Å². The summed E-state index contributed by atoms with van der Waals surface area (Å²) in [5.74, 6) is 0.228. The van der Waals surface area contributed by atoms with Gasteiger partial charge in [0.05, 0.1) is 23.7 Å². The van der Waals surface area contributed by atoms with Crippen molar-refractivity contribution in [3.8, 4) is 11.8 Å². The van der Waals surface area contributed by atoms with Crippen molar-refractivity contribution in [3.05, 3.63) is 82.9 Å². The van der Waals surface area contributed by atoms with Crippen molar-refractivity contribution in [3.63, 3.8) is 0 Å². The van der Waals surface area contributed by atoms with Crippen molar-refractivity contribution < 1.29 is 14.3 Å². The van der Waals surface area contributed by atoms with Gasteiger partial charge < -0.3 is 20.7 Å². The Hall–Kier alpha value is -4.02. The highest BCUT2D eigenvalue weighted by Gasteiger charge is 2.08. The predicted octanol–water partition coefficient (Wildman–Crippen LogP) is 4.91. The van der Waals surface area contributed by atoms with E-state index in [1.165, 1.54) is 6.07 Å². The number of nitrogens with zero attached hydrogens (tertiary/aromatic N) is 1. The first-order valence-electron chi connectivity index (χ1n) is 9.86. The topological polar surface area (TPSA) is 103 Å². The van der Waals surface area contributed by atoms with E-state index >= 15 is 0 Å². The van der Waals surface area contributed by atoms with Gasteiger partial charge in [-0.25, -0.2) is 0 Å². The highest BCUT2D eigenvalue weighted by Crippen LogP contribution is 2.20. The third-order valence-electron chi connectivity index (χ3n) is 4.40. The first kappa shape index (κ1) is 22.7. The molecule has 0 fully saturated rings. The van der Waals surface area contributed by atoms with Crippen LogP contribution in [0.3, 0.4) is 0 Å². The van der Waals surface area contributed by atoms with Gasteiger partial charge in [-0.1, -0.05) is 11.6 Å². The number of hydrogen-bond donors (Lipinski definition) is 3. The highest BCUT2D eigenvalue weighted by atomic mass is 35.5. The molecule has 3 aromatic rings. The van der Waals surface area contributed by atoms with Gasteiger partial charge >= 0.3 is 0 Å². The zero-order valence-corrected chi connectivity index (χ0v) is 18.1. The van der Waals surface area contributed by atoms with Gasteiger partial charge in [-0.3, -0.25) is 9.59 Å². The Labute approximate surface area is 191 Å². The van der Waals surface area contributed by atoms with E-state index in [2.05, 4.69) is 16.0 Å². The van der Waals surface area contributed by atoms with Crippen molar-refractivity contribution in [2.75, 3.05) is 29.1 Å². The molecule has 8 heteroatoms. The van der Waals surface area contributed by atoms with Crippen LogP contribution in [0.4, 0.5) is 17.1 Å². The SMILES string of the molecule is CCOc1ccc(NC(=O)c2ccc(NCC(=O)Nc3ccc(C#N)c(Cl)c3)cc2)cc1. The molecule has 3 rings (SSSR count). The smallest absolute Gasteiger partial charge is 0.255 e. The fraction of sp³-hybridized carbons (Fsp3) is 0.125. The van der Waals surface area contributed by atoms with E-state index < -0.39 is 0 Å². The molecule has 0 radical (unpaired) electrons. The zero-order valence-electron chi connectivity index (χ0n) is 17.3. The molecule has 0 spiro atoms. The summed E-state index contributed by atoms with van der Waals surface area (Å²) < 4.78 is 5.39. The third kappa shape index (κ3) is 6.24. The van der Waals surface area contributed by atoms with Crippen LogP contribution in [-0.4, -0.2) is 25.0 Å². The predicted molar refractivity (Wildman–Crippen MR) is 125 cm³/mol. The molecule has 0 heterocycles. The molecule has 0 atom stereocenters. The molecule has 162 valence electrons. The number of nitriles is 1. The van der Waals surface area contributed by atoms with E-state index in [0.29, 0.717) is 34.8 Å². The number of rotatable bonds is 8. The number of amides is 2. The lowest BCUT2D eigenvalue weighted by atomic mass is 10.2. The van der Waals surface area contributed by atoms with Crippen LogP contribution < -0.4 is 20.7 Å². The first-order valence-corrected chi connectivity index (χ1v) is 10.2. The van der Waals surface area contributed by atoms with E-state index in [1.807, 2.05) is 13.0 Å². The molecule has 2 amide bonds. The minimum Gasteiger partial charge on any atom is -0.494 e. The minimum absolute atomic E-state index is 0.0232. The summed E-state index contributed by atoms with van der Waals surface area (Å²) in [4.78, 5) is 24.6. The lowest BCUT2D eigenvalue weighted by molar-refractivity contribution is -0.114. The molecular weight excluding hydrogens is 428 g/mol. The summed E-state index contributed by atoms with van der Waals surface area (Å²) in [6.45, 7) is 2.51. The second kappa shape index (κ2) is 10.8. The number of anilines is 3. The Morgan fingerprint density at radius 2 is 1.59 bits per heavy atom. The van der Waals surface area contributed by atoms with E-state index in [9.17, 15) is 9.59 Å². The van der Waals surface area contributed by atoms with Crippen LogP contribution >= 0.6 is 11.6 Å². The summed E-state index contributed by atoms with van der Waals surface area (Å²) >= 11 is 5.97. The molecule has 0 saturated carbocycles. The number of carbonyl (C=O) groups is 2. The summed E-state index contributed by atoms with van der Waals surface area (Å²) in [7, 11) is 0. The second-order valence-corrected chi connectivity index (χ2v) is 7.10. The number of nitrogens with one attached hydrogen (secondary N) is 3. The van der Waals surface area contributed by atoms with Crippen LogP contribution in [0.2, 0.25) is 5.02 Å². The molecule has 0 aliphatic carbocycles. The molecule has 0 aliphatic heterocycles. The zero-order chi connectivity index (χ0) is 22.9. The minimum atomic E-state index is -0.275. The van der Waals surface area contributed by atoms with E-state index in [-0.39, 0.29) is 23.4 Å². The van der Waals surface area contributed by atoms with Crippen LogP contribution in [0.1, 0.15) is 22.8 Å². The van der Waals surface area contributed by atoms with Crippen LogP contribution in [0.15, 0.2) is 66.7 Å². The summed E-state index contributed by atoms with van der Waals surface area (Å²) in [5, 5.41) is 17.7. The van der Waals surface area contributed by atoms with Gasteiger partial charge in [-0.15, -0.1) is 0 Å². The fourth-order valence-corrected chi connectivity index (χ4v) is 3.04. The number of hydrogen-bond acceptors (Lipinski definition) is 5. The van der Waals surface area contributed by atoms with Gasteiger partial charge in [0.2, 0.25) is 5.91 Å². The average molecular weight is 449 g/mol. The Bertz CT molecular complexity index is 1140. The van der Waals surface area contributed by atoms with Crippen molar-refractivity contribution in [2.24, 2.45) is 0 Å². The normalized spacial score (nSPS) is 10.0. The molecule has 7 nitrogen and oxygen atoms in total. The van der Waals surface area contributed by atoms with E-state index in [0.717, 1.165) is 5.75 Å². The maximum absolute atomic E-state index is 12.4. The molecule has 0 saturated heterocycles. The maximum Gasteiger partial charge on any atom is 0.255 e. The monoisotopic (exact) mass is 448 g/mol. The van der Waals surface area contributed by atoms with Crippen LogP contribution in [0.25, 0.3) is 0 Å². The summed E-state index contributed by atoms with van der Waals surface area (Å²) in [5.41, 5.74) is 2.69. The number of halogens is 1. The third-order valence-corrected chi connectivity index (χ3v) is 4.71.